The van der Waals surface area contributed by atoms with Gasteiger partial charge in [0, 0.05) is 6.21 Å². The fraction of sp³-hybridized carbons (Fsp3) is 0.222. The minimum absolute atomic E-state index is 0.528. The van der Waals surface area contributed by atoms with Gasteiger partial charge in [0.05, 0.1) is 0 Å². The molecule has 0 saturated carbocycles. The summed E-state index contributed by atoms with van der Waals surface area (Å²) in [6, 6.07) is 8.36. The maximum atomic E-state index is 14.1. The maximum absolute atomic E-state index is 14.1. The number of nitrogens with zero attached hydrogens (tertiary/aromatic N) is 2. The lowest BCUT2D eigenvalue weighted by Gasteiger charge is -2.16. The van der Waals surface area contributed by atoms with Gasteiger partial charge in [-0.15, -0.1) is 0 Å². The van der Waals surface area contributed by atoms with Gasteiger partial charge in [-0.2, -0.15) is 0 Å². The molecule has 0 aliphatic carbocycles. The molecule has 0 N–H and O–H groups in total. The summed E-state index contributed by atoms with van der Waals surface area (Å²) in [5.74, 6) is -11.3. The maximum Gasteiger partial charge on any atom is 0.204 e. The average Bonchev–Trinajstić information content (AvgIpc) is 2.60. The molecule has 8 heteroatoms. The van der Waals surface area contributed by atoms with Gasteiger partial charge in [0.1, 0.15) is 11.2 Å². The van der Waals surface area contributed by atoms with Crippen LogP contribution in [0.3, 0.4) is 0 Å². The fourth-order valence-electron chi connectivity index (χ4n) is 1.79. The Bertz CT molecular complexity index is 829. The van der Waals surface area contributed by atoms with Crippen LogP contribution in [-0.2, 0) is 4.84 Å². The van der Waals surface area contributed by atoms with Crippen LogP contribution in [0.1, 0.15) is 31.9 Å². The van der Waals surface area contributed by atoms with Gasteiger partial charge in [-0.1, -0.05) is 35.5 Å². The van der Waals surface area contributed by atoms with Crippen LogP contribution in [0.25, 0.3) is 0 Å². The predicted octanol–water partition coefficient (Wildman–Crippen LogP) is 4.98. The molecule has 0 aromatic heterocycles. The quantitative estimate of drug-likeness (QED) is 0.187. The lowest BCUT2D eigenvalue weighted by atomic mass is 10.1. The molecule has 0 radical (unpaired) electrons. The van der Waals surface area contributed by atoms with Crippen LogP contribution in [0.5, 0.6) is 0 Å². The third kappa shape index (κ3) is 4.44. The Morgan fingerprint density at radius 1 is 0.846 bits per heavy atom. The Balaban J connectivity index is 2.60. The number of hydrogen-bond acceptors (Lipinski definition) is 2. The zero-order valence-electron chi connectivity index (χ0n) is 14.2. The number of aliphatic imine (C=N–C) groups is 1. The molecule has 0 unspecified atom stereocenters. The summed E-state index contributed by atoms with van der Waals surface area (Å²) in [5, 5.41) is 3.50. The van der Waals surface area contributed by atoms with Gasteiger partial charge in [0.15, 0.2) is 23.3 Å². The zero-order valence-corrected chi connectivity index (χ0v) is 14.2. The van der Waals surface area contributed by atoms with E-state index in [1.165, 1.54) is 6.21 Å². The Kier molecular flexibility index (Phi) is 5.74. The fourth-order valence-corrected chi connectivity index (χ4v) is 1.79. The lowest BCUT2D eigenvalue weighted by Crippen LogP contribution is -2.18. The Morgan fingerprint density at radius 3 is 1.85 bits per heavy atom. The molecular weight excluding hydrogens is 355 g/mol. The van der Waals surface area contributed by atoms with E-state index in [-0.39, 0.29) is 0 Å². The normalized spacial score (nSPS) is 12.7. The number of hydrogen-bond donors (Lipinski definition) is 0. The van der Waals surface area contributed by atoms with Crippen molar-refractivity contribution in [2.24, 2.45) is 10.1 Å². The van der Waals surface area contributed by atoms with Crippen LogP contribution in [0.2, 0.25) is 0 Å². The van der Waals surface area contributed by atoms with Gasteiger partial charge in [-0.3, -0.25) is 0 Å². The summed E-state index contributed by atoms with van der Waals surface area (Å²) in [6.07, 6.45) is 1.17. The van der Waals surface area contributed by atoms with Crippen molar-refractivity contribution in [1.29, 1.82) is 0 Å². The van der Waals surface area contributed by atoms with Crippen molar-refractivity contribution in [3.05, 3.63) is 70.5 Å². The number of benzene rings is 2. The van der Waals surface area contributed by atoms with E-state index in [1.807, 2.05) is 0 Å². The van der Waals surface area contributed by atoms with Crippen molar-refractivity contribution < 1.29 is 26.8 Å². The van der Waals surface area contributed by atoms with Gasteiger partial charge in [0.25, 0.3) is 0 Å². The molecule has 0 aliphatic rings. The molecule has 0 aliphatic heterocycles. The van der Waals surface area contributed by atoms with E-state index in [2.05, 4.69) is 10.1 Å². The summed E-state index contributed by atoms with van der Waals surface area (Å²) < 4.78 is 68.4. The molecule has 0 fully saturated rings. The molecule has 0 amide bonds. The third-order valence-corrected chi connectivity index (χ3v) is 2.97. The molecule has 0 spiro atoms. The third-order valence-electron chi connectivity index (χ3n) is 2.97. The highest BCUT2D eigenvalue weighted by atomic mass is 19.2. The molecule has 2 aromatic rings. The first kappa shape index (κ1) is 19.6. The average molecular weight is 370 g/mol. The van der Waals surface area contributed by atoms with Crippen LogP contribution in [0.15, 0.2) is 40.5 Å². The van der Waals surface area contributed by atoms with Gasteiger partial charge in [-0.05, 0) is 26.3 Å². The molecule has 2 rings (SSSR count). The second kappa shape index (κ2) is 7.63. The summed E-state index contributed by atoms with van der Waals surface area (Å²) >= 11 is 0. The Labute approximate surface area is 146 Å². The first-order valence-electron chi connectivity index (χ1n) is 7.49. The number of halogens is 5. The molecular formula is C18H15F5N2O. The molecule has 0 atom stereocenters. The SMILES string of the molecule is CC(C)(C)O/N=C(/N=Cc1ccccc1)c1c(F)c(F)c(F)c(F)c1F. The molecule has 26 heavy (non-hydrogen) atoms. The Hall–Kier alpha value is -2.77. The van der Waals surface area contributed by atoms with E-state index in [0.29, 0.717) is 5.56 Å². The highest BCUT2D eigenvalue weighted by Gasteiger charge is 2.29. The first-order chi connectivity index (χ1) is 12.1. The van der Waals surface area contributed by atoms with E-state index in [0.717, 1.165) is 0 Å². The monoisotopic (exact) mass is 370 g/mol. The smallest absolute Gasteiger partial charge is 0.204 e. The van der Waals surface area contributed by atoms with Gasteiger partial charge >= 0.3 is 0 Å². The minimum Gasteiger partial charge on any atom is -0.388 e. The molecule has 2 aromatic carbocycles. The van der Waals surface area contributed by atoms with Crippen molar-refractivity contribution >= 4 is 12.1 Å². The summed E-state index contributed by atoms with van der Waals surface area (Å²) in [5.41, 5.74) is -1.62. The van der Waals surface area contributed by atoms with Crippen molar-refractivity contribution in [3.8, 4) is 0 Å². The van der Waals surface area contributed by atoms with E-state index in [9.17, 15) is 22.0 Å². The largest absolute Gasteiger partial charge is 0.388 e. The van der Waals surface area contributed by atoms with E-state index < -0.39 is 46.1 Å². The van der Waals surface area contributed by atoms with Crippen molar-refractivity contribution in [2.45, 2.75) is 26.4 Å². The summed E-state index contributed by atoms with van der Waals surface area (Å²) in [4.78, 5) is 8.82. The van der Waals surface area contributed by atoms with Gasteiger partial charge < -0.3 is 4.84 Å². The van der Waals surface area contributed by atoms with E-state index in [4.69, 9.17) is 4.84 Å². The van der Waals surface area contributed by atoms with Crippen molar-refractivity contribution in [3.63, 3.8) is 0 Å². The number of amidine groups is 1. The Morgan fingerprint density at radius 2 is 1.35 bits per heavy atom. The van der Waals surface area contributed by atoms with Gasteiger partial charge in [0.2, 0.25) is 11.7 Å². The number of rotatable bonds is 3. The van der Waals surface area contributed by atoms with Crippen LogP contribution in [-0.4, -0.2) is 17.7 Å². The topological polar surface area (TPSA) is 34.0 Å². The van der Waals surface area contributed by atoms with Crippen LogP contribution in [0.4, 0.5) is 22.0 Å². The predicted molar refractivity (Wildman–Crippen MR) is 87.6 cm³/mol. The zero-order chi connectivity index (χ0) is 19.5. The van der Waals surface area contributed by atoms with Gasteiger partial charge in [-0.25, -0.2) is 26.9 Å². The second-order valence-corrected chi connectivity index (χ2v) is 6.23. The molecule has 138 valence electrons. The van der Waals surface area contributed by atoms with Crippen LogP contribution < -0.4 is 0 Å². The lowest BCUT2D eigenvalue weighted by molar-refractivity contribution is 0.000780. The summed E-state index contributed by atoms with van der Waals surface area (Å²) in [6.45, 7) is 4.77. The van der Waals surface area contributed by atoms with Crippen LogP contribution in [0, 0.1) is 29.1 Å². The van der Waals surface area contributed by atoms with Crippen LogP contribution >= 0.6 is 0 Å². The highest BCUT2D eigenvalue weighted by Crippen LogP contribution is 2.24. The minimum atomic E-state index is -2.26. The molecule has 3 nitrogen and oxygen atoms in total. The second-order valence-electron chi connectivity index (χ2n) is 6.23. The molecule has 0 saturated heterocycles. The first-order valence-corrected chi connectivity index (χ1v) is 7.49. The van der Waals surface area contributed by atoms with E-state index in [1.54, 1.807) is 51.1 Å². The van der Waals surface area contributed by atoms with Crippen molar-refractivity contribution in [1.82, 2.24) is 0 Å². The van der Waals surface area contributed by atoms with E-state index >= 15 is 0 Å². The highest BCUT2D eigenvalue weighted by molar-refractivity contribution is 6.05. The number of oxime groups is 1. The summed E-state index contributed by atoms with van der Waals surface area (Å²) in [7, 11) is 0. The molecule has 0 bridgehead atoms. The standard InChI is InChI=1S/C18H15F5N2O/c1-18(2,3)26-25-17(24-9-10-7-5-4-6-8-10)11-12(19)14(21)16(23)15(22)13(11)20/h4-9H,1-3H3/b24-9?,25-17+. The van der Waals surface area contributed by atoms with Crippen molar-refractivity contribution in [2.75, 3.05) is 0 Å². The molecule has 0 heterocycles.